The lowest BCUT2D eigenvalue weighted by Gasteiger charge is -2.12. The number of halogens is 1. The van der Waals surface area contributed by atoms with Gasteiger partial charge in [-0.15, -0.1) is 0 Å². The second-order valence-electron chi connectivity index (χ2n) is 7.89. The third-order valence-electron chi connectivity index (χ3n) is 5.47. The molecule has 0 fully saturated rings. The Hall–Kier alpha value is -3.49. The van der Waals surface area contributed by atoms with Gasteiger partial charge in [0.15, 0.2) is 0 Å². The summed E-state index contributed by atoms with van der Waals surface area (Å²) >= 11 is 0. The zero-order chi connectivity index (χ0) is 23.6. The Morgan fingerprint density at radius 1 is 0.970 bits per heavy atom. The topological polar surface area (TPSA) is 82.3 Å². The molecule has 0 atom stereocenters. The van der Waals surface area contributed by atoms with E-state index in [0.717, 1.165) is 32.0 Å². The quantitative estimate of drug-likeness (QED) is 0.412. The highest BCUT2D eigenvalue weighted by atomic mass is 32.2. The molecule has 0 unspecified atom stereocenters. The Morgan fingerprint density at radius 3 is 2.30 bits per heavy atom. The molecule has 0 aliphatic carbocycles. The highest BCUT2D eigenvalue weighted by molar-refractivity contribution is 7.89. The number of carbonyl (C=O) groups excluding carboxylic acids is 1. The molecule has 1 heterocycles. The molecule has 33 heavy (non-hydrogen) atoms. The van der Waals surface area contributed by atoms with E-state index in [9.17, 15) is 17.6 Å². The molecule has 0 spiro atoms. The summed E-state index contributed by atoms with van der Waals surface area (Å²) in [7, 11) is -0.587. The van der Waals surface area contributed by atoms with E-state index in [1.165, 1.54) is 38.4 Å². The van der Waals surface area contributed by atoms with Gasteiger partial charge in [-0.25, -0.2) is 17.1 Å². The third kappa shape index (κ3) is 4.81. The number of fused-ring (bicyclic) bond motifs is 1. The van der Waals surface area contributed by atoms with Crippen LogP contribution in [-0.2, 0) is 21.2 Å². The van der Waals surface area contributed by atoms with Crippen molar-refractivity contribution in [2.24, 2.45) is 0 Å². The van der Waals surface area contributed by atoms with Gasteiger partial charge in [-0.3, -0.25) is 4.79 Å². The third-order valence-corrected chi connectivity index (χ3v) is 7.29. The molecule has 170 valence electrons. The molecule has 4 aromatic rings. The number of nitrogens with zero attached hydrogens (tertiary/aromatic N) is 1. The normalized spacial score (nSPS) is 11.8. The number of H-pyrrole nitrogens is 1. The van der Waals surface area contributed by atoms with Crippen molar-refractivity contribution < 1.29 is 17.6 Å². The maximum Gasteiger partial charge on any atom is 0.242 e. The van der Waals surface area contributed by atoms with E-state index in [1.54, 1.807) is 24.3 Å². The summed E-state index contributed by atoms with van der Waals surface area (Å²) in [6, 6.07) is 20.2. The van der Waals surface area contributed by atoms with E-state index < -0.39 is 10.0 Å². The van der Waals surface area contributed by atoms with Gasteiger partial charge in [0.25, 0.3) is 0 Å². The molecule has 0 aliphatic heterocycles. The largest absolute Gasteiger partial charge is 0.354 e. The SMILES string of the molecule is CN(C)S(=O)(=O)c1ccc(NC(=O)CCc2c(-c3ccc(F)cc3)[nH]c3ccccc23)cc1. The molecule has 0 saturated carbocycles. The maximum absolute atomic E-state index is 13.4. The van der Waals surface area contributed by atoms with Crippen molar-refractivity contribution >= 4 is 32.5 Å². The second kappa shape index (κ2) is 9.17. The van der Waals surface area contributed by atoms with Crippen LogP contribution in [0, 0.1) is 5.82 Å². The summed E-state index contributed by atoms with van der Waals surface area (Å²) in [6.45, 7) is 0. The Balaban J connectivity index is 1.51. The number of hydrogen-bond acceptors (Lipinski definition) is 3. The summed E-state index contributed by atoms with van der Waals surface area (Å²) < 4.78 is 38.9. The average molecular weight is 466 g/mol. The zero-order valence-corrected chi connectivity index (χ0v) is 19.1. The fourth-order valence-electron chi connectivity index (χ4n) is 3.71. The predicted molar refractivity (Wildman–Crippen MR) is 128 cm³/mol. The summed E-state index contributed by atoms with van der Waals surface area (Å²) in [5, 5.41) is 3.84. The minimum atomic E-state index is -3.52. The minimum absolute atomic E-state index is 0.160. The van der Waals surface area contributed by atoms with Gasteiger partial charge in [-0.1, -0.05) is 18.2 Å². The molecular formula is C25H24FN3O3S. The zero-order valence-electron chi connectivity index (χ0n) is 18.3. The van der Waals surface area contributed by atoms with Crippen molar-refractivity contribution in [3.8, 4) is 11.3 Å². The number of nitrogens with one attached hydrogen (secondary N) is 2. The van der Waals surface area contributed by atoms with Gasteiger partial charge in [-0.2, -0.15) is 0 Å². The van der Waals surface area contributed by atoms with Crippen LogP contribution in [0.25, 0.3) is 22.2 Å². The fraction of sp³-hybridized carbons (Fsp3) is 0.160. The summed E-state index contributed by atoms with van der Waals surface area (Å²) in [5.41, 5.74) is 4.17. The van der Waals surface area contributed by atoms with Crippen molar-refractivity contribution in [2.75, 3.05) is 19.4 Å². The average Bonchev–Trinajstić information content (AvgIpc) is 3.17. The summed E-state index contributed by atoms with van der Waals surface area (Å²) in [6.07, 6.45) is 0.712. The number of amides is 1. The van der Waals surface area contributed by atoms with Crippen LogP contribution in [-0.4, -0.2) is 37.7 Å². The summed E-state index contributed by atoms with van der Waals surface area (Å²) in [5.74, 6) is -0.492. The van der Waals surface area contributed by atoms with E-state index in [2.05, 4.69) is 10.3 Å². The van der Waals surface area contributed by atoms with Crippen LogP contribution >= 0.6 is 0 Å². The van der Waals surface area contributed by atoms with Gasteiger partial charge >= 0.3 is 0 Å². The van der Waals surface area contributed by atoms with Gasteiger partial charge in [-0.05, 0) is 72.1 Å². The van der Waals surface area contributed by atoms with Crippen molar-refractivity contribution in [3.63, 3.8) is 0 Å². The van der Waals surface area contributed by atoms with E-state index in [1.807, 2.05) is 24.3 Å². The molecule has 1 aromatic heterocycles. The van der Waals surface area contributed by atoms with Crippen molar-refractivity contribution in [3.05, 3.63) is 84.2 Å². The lowest BCUT2D eigenvalue weighted by atomic mass is 10.0. The van der Waals surface area contributed by atoms with Crippen molar-refractivity contribution in [1.82, 2.24) is 9.29 Å². The Bertz CT molecular complexity index is 1390. The monoisotopic (exact) mass is 465 g/mol. The van der Waals surface area contributed by atoms with E-state index in [-0.39, 0.29) is 23.0 Å². The highest BCUT2D eigenvalue weighted by Crippen LogP contribution is 2.31. The van der Waals surface area contributed by atoms with Crippen LogP contribution in [0.4, 0.5) is 10.1 Å². The van der Waals surface area contributed by atoms with E-state index in [4.69, 9.17) is 0 Å². The number of benzene rings is 3. The first kappa shape index (κ1) is 22.7. The lowest BCUT2D eigenvalue weighted by Crippen LogP contribution is -2.22. The smallest absolute Gasteiger partial charge is 0.242 e. The minimum Gasteiger partial charge on any atom is -0.354 e. The number of rotatable bonds is 7. The number of sulfonamides is 1. The van der Waals surface area contributed by atoms with Crippen LogP contribution < -0.4 is 5.32 Å². The van der Waals surface area contributed by atoms with Gasteiger partial charge in [0, 0.05) is 42.8 Å². The van der Waals surface area contributed by atoms with Crippen LogP contribution in [0.15, 0.2) is 77.7 Å². The number of anilines is 1. The second-order valence-corrected chi connectivity index (χ2v) is 10.0. The van der Waals surface area contributed by atoms with Crippen LogP contribution in [0.3, 0.4) is 0 Å². The molecule has 1 amide bonds. The van der Waals surface area contributed by atoms with E-state index >= 15 is 0 Å². The van der Waals surface area contributed by atoms with Crippen molar-refractivity contribution in [1.29, 1.82) is 0 Å². The molecule has 0 radical (unpaired) electrons. The Labute approximate surface area is 192 Å². The molecule has 3 aromatic carbocycles. The van der Waals surface area contributed by atoms with Gasteiger partial charge in [0.1, 0.15) is 5.82 Å². The molecular weight excluding hydrogens is 441 g/mol. The predicted octanol–water partition coefficient (Wildman–Crippen LogP) is 4.80. The van der Waals surface area contributed by atoms with Crippen LogP contribution in [0.1, 0.15) is 12.0 Å². The number of para-hydroxylation sites is 1. The molecule has 0 bridgehead atoms. The standard InChI is InChI=1S/C25H24FN3O3S/c1-29(2)33(31,32)20-13-11-19(12-14-20)27-24(30)16-15-22-21-5-3-4-6-23(21)28-25(22)17-7-9-18(26)10-8-17/h3-14,28H,15-16H2,1-2H3,(H,27,30). The number of hydrogen-bond donors (Lipinski definition) is 2. The van der Waals surface area contributed by atoms with Gasteiger partial charge in [0.05, 0.1) is 4.90 Å². The highest BCUT2D eigenvalue weighted by Gasteiger charge is 2.17. The number of carbonyl (C=O) groups is 1. The molecule has 0 saturated heterocycles. The lowest BCUT2D eigenvalue weighted by molar-refractivity contribution is -0.116. The fourth-order valence-corrected chi connectivity index (χ4v) is 4.61. The summed E-state index contributed by atoms with van der Waals surface area (Å²) in [4.78, 5) is 16.2. The first-order chi connectivity index (χ1) is 15.8. The maximum atomic E-state index is 13.4. The molecule has 6 nitrogen and oxygen atoms in total. The number of aryl methyl sites for hydroxylation is 1. The molecule has 2 N–H and O–H groups in total. The van der Waals surface area contributed by atoms with E-state index in [0.29, 0.717) is 12.1 Å². The van der Waals surface area contributed by atoms with Gasteiger partial charge < -0.3 is 10.3 Å². The number of aromatic nitrogens is 1. The molecule has 8 heteroatoms. The molecule has 0 aliphatic rings. The van der Waals surface area contributed by atoms with Crippen LogP contribution in [0.5, 0.6) is 0 Å². The first-order valence-electron chi connectivity index (χ1n) is 10.4. The first-order valence-corrected chi connectivity index (χ1v) is 11.9. The number of aromatic amines is 1. The van der Waals surface area contributed by atoms with Gasteiger partial charge in [0.2, 0.25) is 15.9 Å². The van der Waals surface area contributed by atoms with Crippen LogP contribution in [0.2, 0.25) is 0 Å². The molecule has 4 rings (SSSR count). The Morgan fingerprint density at radius 2 is 1.64 bits per heavy atom. The van der Waals surface area contributed by atoms with Crippen molar-refractivity contribution in [2.45, 2.75) is 17.7 Å². The Kier molecular flexibility index (Phi) is 6.31.